The minimum Gasteiger partial charge on any atom is -0.336 e. The standard InChI is InChI=1S/C14H21N3O2/c1-10-8-17(9-11(2)16(10)4)14(19)12-5-6-15(3)13(18)7-12/h5-7,10-11H,8-9H2,1-4H3. The van der Waals surface area contributed by atoms with Crippen LogP contribution in [0.15, 0.2) is 23.1 Å². The fraction of sp³-hybridized carbons (Fsp3) is 0.571. The Morgan fingerprint density at radius 1 is 1.21 bits per heavy atom. The lowest BCUT2D eigenvalue weighted by Crippen LogP contribution is -2.56. The van der Waals surface area contributed by atoms with Crippen molar-refractivity contribution in [3.05, 3.63) is 34.2 Å². The molecular formula is C14H21N3O2. The normalized spacial score (nSPS) is 24.5. The lowest BCUT2D eigenvalue weighted by atomic mass is 10.1. The molecule has 1 aromatic heterocycles. The van der Waals surface area contributed by atoms with E-state index in [1.165, 1.54) is 10.6 Å². The molecule has 1 aromatic rings. The Bertz CT molecular complexity index is 526. The molecule has 0 aliphatic carbocycles. The van der Waals surface area contributed by atoms with E-state index >= 15 is 0 Å². The van der Waals surface area contributed by atoms with E-state index in [4.69, 9.17) is 0 Å². The van der Waals surface area contributed by atoms with Gasteiger partial charge in [0.25, 0.3) is 11.5 Å². The molecule has 1 amide bonds. The number of amides is 1. The van der Waals surface area contributed by atoms with Crippen LogP contribution in [0.1, 0.15) is 24.2 Å². The molecule has 0 bridgehead atoms. The first-order valence-electron chi connectivity index (χ1n) is 6.58. The molecule has 0 saturated carbocycles. The first-order chi connectivity index (χ1) is 8.90. The van der Waals surface area contributed by atoms with Gasteiger partial charge in [0.1, 0.15) is 0 Å². The van der Waals surface area contributed by atoms with Crippen molar-refractivity contribution in [2.45, 2.75) is 25.9 Å². The number of pyridine rings is 1. The molecule has 0 radical (unpaired) electrons. The zero-order valence-corrected chi connectivity index (χ0v) is 12.0. The lowest BCUT2D eigenvalue weighted by molar-refractivity contribution is 0.0414. The molecule has 1 fully saturated rings. The minimum absolute atomic E-state index is 0.0514. The minimum atomic E-state index is -0.152. The highest BCUT2D eigenvalue weighted by atomic mass is 16.2. The summed E-state index contributed by atoms with van der Waals surface area (Å²) >= 11 is 0. The molecule has 2 heterocycles. The number of hydrogen-bond donors (Lipinski definition) is 0. The molecule has 19 heavy (non-hydrogen) atoms. The molecule has 2 unspecified atom stereocenters. The van der Waals surface area contributed by atoms with Crippen LogP contribution in [-0.4, -0.2) is 52.5 Å². The predicted molar refractivity (Wildman–Crippen MR) is 74.3 cm³/mol. The van der Waals surface area contributed by atoms with Crippen molar-refractivity contribution < 1.29 is 4.79 Å². The van der Waals surface area contributed by atoms with Gasteiger partial charge in [0, 0.05) is 50.0 Å². The second-order valence-electron chi connectivity index (χ2n) is 5.44. The molecule has 5 nitrogen and oxygen atoms in total. The summed E-state index contributed by atoms with van der Waals surface area (Å²) in [5, 5.41) is 0. The summed E-state index contributed by atoms with van der Waals surface area (Å²) in [6.45, 7) is 5.63. The predicted octanol–water partition coefficient (Wildman–Crippen LogP) is 0.550. The first kappa shape index (κ1) is 13.8. The number of aryl methyl sites for hydroxylation is 1. The van der Waals surface area contributed by atoms with Crippen molar-refractivity contribution >= 4 is 5.91 Å². The zero-order valence-electron chi connectivity index (χ0n) is 12.0. The SMILES string of the molecule is CC1CN(C(=O)c2ccn(C)c(=O)c2)CC(C)N1C. The molecular weight excluding hydrogens is 242 g/mol. The van der Waals surface area contributed by atoms with E-state index < -0.39 is 0 Å². The van der Waals surface area contributed by atoms with Crippen LogP contribution in [0.2, 0.25) is 0 Å². The van der Waals surface area contributed by atoms with E-state index in [2.05, 4.69) is 25.8 Å². The number of piperazine rings is 1. The third-order valence-corrected chi connectivity index (χ3v) is 4.00. The molecule has 0 N–H and O–H groups in total. The number of likely N-dealkylation sites (N-methyl/N-ethyl adjacent to an activating group) is 1. The summed E-state index contributed by atoms with van der Waals surface area (Å²) in [7, 11) is 3.76. The Hall–Kier alpha value is -1.62. The number of hydrogen-bond acceptors (Lipinski definition) is 3. The average molecular weight is 263 g/mol. The fourth-order valence-corrected chi connectivity index (χ4v) is 2.43. The van der Waals surface area contributed by atoms with Crippen LogP contribution in [-0.2, 0) is 7.05 Å². The van der Waals surface area contributed by atoms with Crippen molar-refractivity contribution in [3.63, 3.8) is 0 Å². The van der Waals surface area contributed by atoms with Gasteiger partial charge in [-0.2, -0.15) is 0 Å². The number of rotatable bonds is 1. The second kappa shape index (κ2) is 5.17. The van der Waals surface area contributed by atoms with Gasteiger partial charge in [-0.3, -0.25) is 14.5 Å². The van der Waals surface area contributed by atoms with Gasteiger partial charge in [-0.05, 0) is 27.0 Å². The third kappa shape index (κ3) is 2.71. The van der Waals surface area contributed by atoms with Crippen molar-refractivity contribution in [2.24, 2.45) is 7.05 Å². The van der Waals surface area contributed by atoms with Gasteiger partial charge in [-0.15, -0.1) is 0 Å². The maximum atomic E-state index is 12.4. The molecule has 104 valence electrons. The van der Waals surface area contributed by atoms with Gasteiger partial charge < -0.3 is 9.47 Å². The Labute approximate surface area is 113 Å². The fourth-order valence-electron chi connectivity index (χ4n) is 2.43. The van der Waals surface area contributed by atoms with Crippen LogP contribution >= 0.6 is 0 Å². The van der Waals surface area contributed by atoms with E-state index in [0.29, 0.717) is 30.7 Å². The second-order valence-corrected chi connectivity index (χ2v) is 5.44. The van der Waals surface area contributed by atoms with Crippen molar-refractivity contribution in [2.75, 3.05) is 20.1 Å². The van der Waals surface area contributed by atoms with Crippen LogP contribution in [0.5, 0.6) is 0 Å². The molecule has 1 saturated heterocycles. The zero-order chi connectivity index (χ0) is 14.2. The quantitative estimate of drug-likeness (QED) is 0.743. The van der Waals surface area contributed by atoms with E-state index in [9.17, 15) is 9.59 Å². The van der Waals surface area contributed by atoms with Crippen LogP contribution in [0.3, 0.4) is 0 Å². The summed E-state index contributed by atoms with van der Waals surface area (Å²) < 4.78 is 1.46. The lowest BCUT2D eigenvalue weighted by Gasteiger charge is -2.42. The van der Waals surface area contributed by atoms with Gasteiger partial charge in [0.15, 0.2) is 0 Å². The van der Waals surface area contributed by atoms with Crippen molar-refractivity contribution in [3.8, 4) is 0 Å². The van der Waals surface area contributed by atoms with Gasteiger partial charge >= 0.3 is 0 Å². The Kier molecular flexibility index (Phi) is 3.75. The molecule has 5 heteroatoms. The maximum Gasteiger partial charge on any atom is 0.254 e. The number of nitrogens with zero attached hydrogens (tertiary/aromatic N) is 3. The Balaban J connectivity index is 2.20. The van der Waals surface area contributed by atoms with Gasteiger partial charge in [-0.1, -0.05) is 0 Å². The molecule has 1 aliphatic heterocycles. The largest absolute Gasteiger partial charge is 0.336 e. The summed E-state index contributed by atoms with van der Waals surface area (Å²) in [6, 6.07) is 3.78. The van der Waals surface area contributed by atoms with E-state index in [1.807, 2.05) is 4.90 Å². The van der Waals surface area contributed by atoms with E-state index in [1.54, 1.807) is 19.3 Å². The first-order valence-corrected chi connectivity index (χ1v) is 6.58. The Morgan fingerprint density at radius 2 is 1.79 bits per heavy atom. The molecule has 1 aliphatic rings. The summed E-state index contributed by atoms with van der Waals surface area (Å²) in [6.07, 6.45) is 1.64. The van der Waals surface area contributed by atoms with E-state index in [0.717, 1.165) is 0 Å². The number of carbonyl (C=O) groups is 1. The van der Waals surface area contributed by atoms with Crippen molar-refractivity contribution in [1.82, 2.24) is 14.4 Å². The highest BCUT2D eigenvalue weighted by Gasteiger charge is 2.29. The molecule has 2 atom stereocenters. The molecule has 0 spiro atoms. The maximum absolute atomic E-state index is 12.4. The van der Waals surface area contributed by atoms with Gasteiger partial charge in [0.05, 0.1) is 0 Å². The summed E-state index contributed by atoms with van der Waals surface area (Å²) in [4.78, 5) is 28.1. The summed E-state index contributed by atoms with van der Waals surface area (Å²) in [5.41, 5.74) is 0.327. The average Bonchev–Trinajstić information content (AvgIpc) is 2.37. The van der Waals surface area contributed by atoms with Crippen LogP contribution in [0.25, 0.3) is 0 Å². The molecule has 2 rings (SSSR count). The Morgan fingerprint density at radius 3 is 2.32 bits per heavy atom. The van der Waals surface area contributed by atoms with Crippen molar-refractivity contribution in [1.29, 1.82) is 0 Å². The highest BCUT2D eigenvalue weighted by Crippen LogP contribution is 2.15. The van der Waals surface area contributed by atoms with Crippen LogP contribution in [0.4, 0.5) is 0 Å². The van der Waals surface area contributed by atoms with Gasteiger partial charge in [0.2, 0.25) is 0 Å². The van der Waals surface area contributed by atoms with Crippen LogP contribution < -0.4 is 5.56 Å². The number of aromatic nitrogens is 1. The molecule has 0 aromatic carbocycles. The van der Waals surface area contributed by atoms with Gasteiger partial charge in [-0.25, -0.2) is 0 Å². The summed E-state index contributed by atoms with van der Waals surface area (Å²) in [5.74, 6) is -0.0514. The monoisotopic (exact) mass is 263 g/mol. The topological polar surface area (TPSA) is 45.6 Å². The van der Waals surface area contributed by atoms with Crippen LogP contribution in [0, 0.1) is 0 Å². The smallest absolute Gasteiger partial charge is 0.254 e. The highest BCUT2D eigenvalue weighted by molar-refractivity contribution is 5.94. The number of carbonyl (C=O) groups excluding carboxylic acids is 1. The van der Waals surface area contributed by atoms with E-state index in [-0.39, 0.29) is 11.5 Å². The third-order valence-electron chi connectivity index (χ3n) is 4.00.